The molecule has 0 aromatic carbocycles. The number of hydrogen-bond donors (Lipinski definition) is 1. The van der Waals surface area contributed by atoms with Crippen LogP contribution < -0.4 is 0 Å². The smallest absolute Gasteiger partial charge is 0.457 e. The molecule has 0 bridgehead atoms. The summed E-state index contributed by atoms with van der Waals surface area (Å²) in [4.78, 5) is 22.9. The minimum Gasteiger partial charge on any atom is -0.457 e. The minimum absolute atomic E-state index is 0.0940. The van der Waals surface area contributed by atoms with Gasteiger partial charge in [-0.1, -0.05) is 206 Å². The Morgan fingerprint density at radius 2 is 0.852 bits per heavy atom. The molecule has 0 amide bonds. The molecule has 1 N–H and O–H groups in total. The van der Waals surface area contributed by atoms with E-state index in [1.54, 1.807) is 0 Å². The molecule has 0 fully saturated rings. The second kappa shape index (κ2) is 39.3. The van der Waals surface area contributed by atoms with E-state index in [4.69, 9.17) is 18.5 Å². The summed E-state index contributed by atoms with van der Waals surface area (Å²) in [7, 11) is 1.69. The molecule has 8 nitrogen and oxygen atoms in total. The van der Waals surface area contributed by atoms with Crippen LogP contribution in [0.15, 0.2) is 0 Å². The van der Waals surface area contributed by atoms with Gasteiger partial charge in [-0.3, -0.25) is 13.8 Å². The first-order chi connectivity index (χ1) is 26.1. The van der Waals surface area contributed by atoms with Crippen molar-refractivity contribution in [1.29, 1.82) is 0 Å². The van der Waals surface area contributed by atoms with E-state index in [0.717, 1.165) is 32.1 Å². The van der Waals surface area contributed by atoms with Crippen molar-refractivity contribution < 1.29 is 37.3 Å². The summed E-state index contributed by atoms with van der Waals surface area (Å²) in [6.45, 7) is 5.69. The monoisotopic (exact) mass is 791 g/mol. The van der Waals surface area contributed by atoms with Crippen LogP contribution in [0.5, 0.6) is 0 Å². The van der Waals surface area contributed by atoms with Gasteiger partial charge in [-0.2, -0.15) is 0 Å². The molecule has 2 unspecified atom stereocenters. The number of quaternary nitrogens is 1. The average Bonchev–Trinajstić information content (AvgIpc) is 3.12. The quantitative estimate of drug-likeness (QED) is 0.0284. The number of unbranched alkanes of at least 4 members (excludes halogenated alkanes) is 30. The van der Waals surface area contributed by atoms with E-state index in [2.05, 4.69) is 13.8 Å². The number of nitrogens with zero attached hydrogens (tertiary/aromatic N) is 1. The van der Waals surface area contributed by atoms with Crippen LogP contribution in [-0.4, -0.2) is 75.6 Å². The summed E-state index contributed by atoms with van der Waals surface area (Å²) in [5.74, 6) is -0.307. The molecule has 0 heterocycles. The van der Waals surface area contributed by atoms with Crippen molar-refractivity contribution in [2.45, 2.75) is 232 Å². The summed E-state index contributed by atoms with van der Waals surface area (Å²) in [6.07, 6.45) is 41.3. The molecule has 0 saturated heterocycles. The molecule has 0 aliphatic rings. The lowest BCUT2D eigenvalue weighted by molar-refractivity contribution is -0.870. The zero-order chi connectivity index (χ0) is 39.9. The van der Waals surface area contributed by atoms with Crippen molar-refractivity contribution in [2.24, 2.45) is 0 Å². The fraction of sp³-hybridized carbons (Fsp3) is 0.978. The van der Waals surface area contributed by atoms with Crippen LogP contribution in [0, 0.1) is 0 Å². The van der Waals surface area contributed by atoms with Crippen molar-refractivity contribution in [1.82, 2.24) is 0 Å². The van der Waals surface area contributed by atoms with Gasteiger partial charge in [0.25, 0.3) is 0 Å². The predicted octanol–water partition coefficient (Wildman–Crippen LogP) is 13.7. The summed E-state index contributed by atoms with van der Waals surface area (Å²) in [5.41, 5.74) is 0. The van der Waals surface area contributed by atoms with Crippen LogP contribution in [0.25, 0.3) is 0 Å². The Hall–Kier alpha value is -0.500. The topological polar surface area (TPSA) is 91.3 Å². The zero-order valence-corrected chi connectivity index (χ0v) is 37.6. The van der Waals surface area contributed by atoms with Crippen LogP contribution in [0.2, 0.25) is 0 Å². The van der Waals surface area contributed by atoms with E-state index in [9.17, 15) is 14.3 Å². The van der Waals surface area contributed by atoms with E-state index in [1.807, 2.05) is 21.1 Å². The van der Waals surface area contributed by atoms with Gasteiger partial charge in [0.15, 0.2) is 0 Å². The van der Waals surface area contributed by atoms with E-state index in [0.29, 0.717) is 24.1 Å². The molecular weight excluding hydrogens is 697 g/mol. The average molecular weight is 791 g/mol. The van der Waals surface area contributed by atoms with E-state index in [1.165, 1.54) is 173 Å². The molecule has 0 aromatic heterocycles. The predicted molar refractivity (Wildman–Crippen MR) is 229 cm³/mol. The molecule has 0 aliphatic carbocycles. The van der Waals surface area contributed by atoms with Crippen LogP contribution in [-0.2, 0) is 27.9 Å². The SMILES string of the molecule is CCCCCCCCCCCCCCCCCCCC(=O)OC(COCCCCCCCCCCCCCCCCC)COP(=O)(O)OCC[N+](C)(C)C. The molecule has 0 aromatic rings. The Morgan fingerprint density at radius 1 is 0.500 bits per heavy atom. The van der Waals surface area contributed by atoms with Crippen LogP contribution in [0.4, 0.5) is 0 Å². The fourth-order valence-electron chi connectivity index (χ4n) is 6.79. The molecule has 0 aliphatic heterocycles. The third-order valence-corrected chi connectivity index (χ3v) is 11.4. The van der Waals surface area contributed by atoms with Gasteiger partial charge < -0.3 is 18.9 Å². The van der Waals surface area contributed by atoms with Crippen molar-refractivity contribution >= 4 is 13.8 Å². The highest BCUT2D eigenvalue weighted by Gasteiger charge is 2.26. The number of likely N-dealkylation sites (N-methyl/N-ethyl adjacent to an activating group) is 1. The molecule has 54 heavy (non-hydrogen) atoms. The van der Waals surface area contributed by atoms with Gasteiger partial charge in [-0.25, -0.2) is 4.57 Å². The second-order valence-corrected chi connectivity index (χ2v) is 18.6. The standard InChI is InChI=1S/C45H92NO7P/c1-6-8-10-12-14-16-18-20-22-23-24-26-28-30-32-34-36-38-45(47)53-44(43-52-54(48,49)51-41-39-46(3,4)5)42-50-40-37-35-33-31-29-27-25-21-19-17-15-13-11-9-7-2/h44H,6-43H2,1-5H3/p+1. The second-order valence-electron chi connectivity index (χ2n) is 17.2. The number of esters is 1. The molecular formula is C45H93NO7P+. The van der Waals surface area contributed by atoms with Gasteiger partial charge in [0.05, 0.1) is 34.4 Å². The normalized spacial score (nSPS) is 13.7. The molecule has 0 saturated carbocycles. The lowest BCUT2D eigenvalue weighted by Crippen LogP contribution is -2.37. The van der Waals surface area contributed by atoms with Crippen LogP contribution in [0.3, 0.4) is 0 Å². The molecule has 9 heteroatoms. The van der Waals surface area contributed by atoms with Gasteiger partial charge in [0.2, 0.25) is 0 Å². The molecule has 0 radical (unpaired) electrons. The maximum Gasteiger partial charge on any atom is 0.472 e. The van der Waals surface area contributed by atoms with Crippen molar-refractivity contribution in [3.05, 3.63) is 0 Å². The summed E-state index contributed by atoms with van der Waals surface area (Å²) >= 11 is 0. The van der Waals surface area contributed by atoms with Crippen LogP contribution in [0.1, 0.15) is 226 Å². The van der Waals surface area contributed by atoms with Crippen molar-refractivity contribution in [3.8, 4) is 0 Å². The van der Waals surface area contributed by atoms with E-state index >= 15 is 0 Å². The Bertz CT molecular complexity index is 837. The highest BCUT2D eigenvalue weighted by Crippen LogP contribution is 2.43. The lowest BCUT2D eigenvalue weighted by Gasteiger charge is -2.24. The Kier molecular flexibility index (Phi) is 39.0. The van der Waals surface area contributed by atoms with E-state index < -0.39 is 13.9 Å². The van der Waals surface area contributed by atoms with E-state index in [-0.39, 0.29) is 25.8 Å². The highest BCUT2D eigenvalue weighted by molar-refractivity contribution is 7.47. The van der Waals surface area contributed by atoms with Gasteiger partial charge in [0.1, 0.15) is 19.3 Å². The van der Waals surface area contributed by atoms with Gasteiger partial charge in [-0.05, 0) is 12.8 Å². The number of hydrogen-bond acceptors (Lipinski definition) is 6. The van der Waals surface area contributed by atoms with Crippen molar-refractivity contribution in [3.63, 3.8) is 0 Å². The van der Waals surface area contributed by atoms with Crippen LogP contribution >= 0.6 is 7.82 Å². The third-order valence-electron chi connectivity index (χ3n) is 10.4. The first-order valence-electron chi connectivity index (χ1n) is 23.3. The number of phosphoric acid groups is 1. The zero-order valence-electron chi connectivity index (χ0n) is 36.7. The number of carbonyl (C=O) groups excluding carboxylic acids is 1. The molecule has 324 valence electrons. The number of carbonyl (C=O) groups is 1. The largest absolute Gasteiger partial charge is 0.472 e. The summed E-state index contributed by atoms with van der Waals surface area (Å²) in [6, 6.07) is 0. The Balaban J connectivity index is 4.15. The fourth-order valence-corrected chi connectivity index (χ4v) is 7.53. The Labute approximate surface area is 336 Å². The number of ether oxygens (including phenoxy) is 2. The van der Waals surface area contributed by atoms with Crippen molar-refractivity contribution in [2.75, 3.05) is 54.1 Å². The maximum absolute atomic E-state index is 12.7. The summed E-state index contributed by atoms with van der Waals surface area (Å²) < 4.78 is 35.1. The first-order valence-corrected chi connectivity index (χ1v) is 24.8. The molecule has 0 rings (SSSR count). The minimum atomic E-state index is -4.27. The van der Waals surface area contributed by atoms with Gasteiger partial charge >= 0.3 is 13.8 Å². The highest BCUT2D eigenvalue weighted by atomic mass is 31.2. The van der Waals surface area contributed by atoms with Gasteiger partial charge in [-0.15, -0.1) is 0 Å². The lowest BCUT2D eigenvalue weighted by atomic mass is 10.0. The number of phosphoric ester groups is 1. The number of rotatable bonds is 44. The summed E-state index contributed by atoms with van der Waals surface area (Å²) in [5, 5.41) is 0. The first kappa shape index (κ1) is 53.5. The van der Waals surface area contributed by atoms with Gasteiger partial charge in [0, 0.05) is 13.0 Å². The third kappa shape index (κ3) is 42.6. The molecule has 0 spiro atoms. The Morgan fingerprint density at radius 3 is 1.22 bits per heavy atom. The molecule has 2 atom stereocenters. The maximum atomic E-state index is 12.7.